The molecule has 1 amide bonds. The minimum atomic E-state index is -0.311. The van der Waals surface area contributed by atoms with Crippen molar-refractivity contribution in [3.63, 3.8) is 0 Å². The minimum absolute atomic E-state index is 0.0000779. The van der Waals surface area contributed by atoms with Crippen molar-refractivity contribution in [2.45, 2.75) is 19.3 Å². The molecule has 0 radical (unpaired) electrons. The SMILES string of the molecule is N#CC1=C(c2ccccc2)C=CN(c2ccccc2)/C1=C(\C#N)C(=O)N1CCCCC1. The first kappa shape index (κ1) is 20.2. The van der Waals surface area contributed by atoms with Gasteiger partial charge in [0.25, 0.3) is 5.91 Å². The number of benzene rings is 2. The molecule has 5 nitrogen and oxygen atoms in total. The summed E-state index contributed by atoms with van der Waals surface area (Å²) >= 11 is 0. The highest BCUT2D eigenvalue weighted by atomic mass is 16.2. The van der Waals surface area contributed by atoms with E-state index in [9.17, 15) is 15.3 Å². The molecule has 4 rings (SSSR count). The zero-order valence-electron chi connectivity index (χ0n) is 17.2. The van der Waals surface area contributed by atoms with Crippen molar-refractivity contribution in [1.29, 1.82) is 10.5 Å². The highest BCUT2D eigenvalue weighted by Gasteiger charge is 2.31. The van der Waals surface area contributed by atoms with Gasteiger partial charge in [-0.3, -0.25) is 4.79 Å². The Morgan fingerprint density at radius 1 is 0.871 bits per heavy atom. The number of likely N-dealkylation sites (tertiary alicyclic amines) is 1. The third-order valence-electron chi connectivity index (χ3n) is 5.57. The fourth-order valence-electron chi connectivity index (χ4n) is 4.03. The highest BCUT2D eigenvalue weighted by molar-refractivity contribution is 6.02. The van der Waals surface area contributed by atoms with Crippen LogP contribution >= 0.6 is 0 Å². The van der Waals surface area contributed by atoms with Gasteiger partial charge in [-0.25, -0.2) is 0 Å². The lowest BCUT2D eigenvalue weighted by molar-refractivity contribution is -0.127. The second-order valence-electron chi connectivity index (χ2n) is 7.48. The van der Waals surface area contributed by atoms with E-state index in [-0.39, 0.29) is 11.5 Å². The predicted octanol–water partition coefficient (Wildman–Crippen LogP) is 4.79. The van der Waals surface area contributed by atoms with Crippen LogP contribution in [0.4, 0.5) is 5.69 Å². The van der Waals surface area contributed by atoms with Crippen molar-refractivity contribution in [2.24, 2.45) is 0 Å². The van der Waals surface area contributed by atoms with Crippen LogP contribution in [0.15, 0.2) is 89.8 Å². The Kier molecular flexibility index (Phi) is 5.96. The van der Waals surface area contributed by atoms with Gasteiger partial charge in [-0.1, -0.05) is 48.5 Å². The van der Waals surface area contributed by atoms with Gasteiger partial charge in [-0.2, -0.15) is 10.5 Å². The van der Waals surface area contributed by atoms with E-state index in [4.69, 9.17) is 0 Å². The molecule has 1 saturated heterocycles. The largest absolute Gasteiger partial charge is 0.338 e. The van der Waals surface area contributed by atoms with E-state index >= 15 is 0 Å². The second-order valence-corrected chi connectivity index (χ2v) is 7.48. The van der Waals surface area contributed by atoms with Crippen LogP contribution in [0.3, 0.4) is 0 Å². The smallest absolute Gasteiger partial charge is 0.266 e. The van der Waals surface area contributed by atoms with E-state index in [1.54, 1.807) is 9.80 Å². The zero-order valence-corrected chi connectivity index (χ0v) is 17.2. The molecule has 0 bridgehead atoms. The van der Waals surface area contributed by atoms with Crippen LogP contribution in [0.25, 0.3) is 5.57 Å². The Labute approximate surface area is 182 Å². The maximum Gasteiger partial charge on any atom is 0.266 e. The number of piperidine rings is 1. The highest BCUT2D eigenvalue weighted by Crippen LogP contribution is 2.36. The van der Waals surface area contributed by atoms with E-state index in [1.165, 1.54) is 0 Å². The summed E-state index contributed by atoms with van der Waals surface area (Å²) in [6.45, 7) is 1.27. The van der Waals surface area contributed by atoms with Crippen molar-refractivity contribution < 1.29 is 4.79 Å². The third-order valence-corrected chi connectivity index (χ3v) is 5.57. The summed E-state index contributed by atoms with van der Waals surface area (Å²) in [5.74, 6) is -0.311. The molecule has 0 unspecified atom stereocenters. The molecule has 2 aromatic rings. The normalized spacial score (nSPS) is 17.7. The van der Waals surface area contributed by atoms with Gasteiger partial charge >= 0.3 is 0 Å². The molecule has 0 spiro atoms. The first-order chi connectivity index (χ1) is 15.2. The molecule has 31 heavy (non-hydrogen) atoms. The fourth-order valence-corrected chi connectivity index (χ4v) is 4.03. The minimum Gasteiger partial charge on any atom is -0.338 e. The monoisotopic (exact) mass is 406 g/mol. The van der Waals surface area contributed by atoms with Crippen LogP contribution in [0.2, 0.25) is 0 Å². The van der Waals surface area contributed by atoms with Crippen LogP contribution in [0.5, 0.6) is 0 Å². The summed E-state index contributed by atoms with van der Waals surface area (Å²) < 4.78 is 0. The Hall–Kier alpha value is -4.09. The quantitative estimate of drug-likeness (QED) is 0.543. The number of para-hydroxylation sites is 1. The van der Waals surface area contributed by atoms with Crippen molar-refractivity contribution in [2.75, 3.05) is 18.0 Å². The maximum absolute atomic E-state index is 13.4. The van der Waals surface area contributed by atoms with Crippen LogP contribution in [-0.2, 0) is 4.79 Å². The molecular formula is C26H22N4O. The van der Waals surface area contributed by atoms with Gasteiger partial charge in [0, 0.05) is 30.5 Å². The molecule has 2 aliphatic rings. The Bertz CT molecular complexity index is 1140. The topological polar surface area (TPSA) is 71.1 Å². The summed E-state index contributed by atoms with van der Waals surface area (Å²) in [5, 5.41) is 20.2. The molecule has 0 aliphatic carbocycles. The summed E-state index contributed by atoms with van der Waals surface area (Å²) in [6, 6.07) is 23.5. The molecular weight excluding hydrogens is 384 g/mol. The third kappa shape index (κ3) is 3.99. The lowest BCUT2D eigenvalue weighted by Crippen LogP contribution is -2.38. The number of nitriles is 2. The first-order valence-electron chi connectivity index (χ1n) is 10.4. The van der Waals surface area contributed by atoms with Gasteiger partial charge < -0.3 is 9.80 Å². The molecule has 152 valence electrons. The summed E-state index contributed by atoms with van der Waals surface area (Å²) in [7, 11) is 0. The van der Waals surface area contributed by atoms with Gasteiger partial charge in [0.2, 0.25) is 0 Å². The van der Waals surface area contributed by atoms with Gasteiger partial charge in [-0.15, -0.1) is 0 Å². The first-order valence-corrected chi connectivity index (χ1v) is 10.4. The predicted molar refractivity (Wildman–Crippen MR) is 120 cm³/mol. The van der Waals surface area contributed by atoms with Gasteiger partial charge in [0.15, 0.2) is 0 Å². The number of nitrogens with zero attached hydrogens (tertiary/aromatic N) is 4. The van der Waals surface area contributed by atoms with Crippen molar-refractivity contribution in [1.82, 2.24) is 4.90 Å². The van der Waals surface area contributed by atoms with Crippen molar-refractivity contribution in [3.05, 3.63) is 95.3 Å². The van der Waals surface area contributed by atoms with Gasteiger partial charge in [-0.05, 0) is 43.0 Å². The maximum atomic E-state index is 13.4. The average Bonchev–Trinajstić information content (AvgIpc) is 2.85. The number of hydrogen-bond acceptors (Lipinski definition) is 4. The molecule has 2 aliphatic heterocycles. The number of carbonyl (C=O) groups excluding carboxylic acids is 1. The Morgan fingerprint density at radius 2 is 1.52 bits per heavy atom. The standard InChI is InChI=1S/C26H22N4O/c27-18-23-22(20-10-4-1-5-11-20)14-17-30(21-12-6-2-7-13-21)25(23)24(19-28)26(31)29-15-8-3-9-16-29/h1-2,4-7,10-14,17H,3,8-9,15-16H2/b25-24+. The molecule has 0 aromatic heterocycles. The molecule has 0 atom stereocenters. The van der Waals surface area contributed by atoms with Gasteiger partial charge in [0.05, 0.1) is 11.3 Å². The second kappa shape index (κ2) is 9.15. The van der Waals surface area contributed by atoms with Crippen LogP contribution in [-0.4, -0.2) is 23.9 Å². The molecule has 0 N–H and O–H groups in total. The Morgan fingerprint density at radius 3 is 2.13 bits per heavy atom. The van der Waals surface area contributed by atoms with E-state index < -0.39 is 0 Å². The van der Waals surface area contributed by atoms with Crippen LogP contribution < -0.4 is 4.90 Å². The average molecular weight is 406 g/mol. The number of anilines is 1. The van der Waals surface area contributed by atoms with E-state index in [2.05, 4.69) is 12.1 Å². The Balaban J connectivity index is 1.93. The number of hydrogen-bond donors (Lipinski definition) is 0. The van der Waals surface area contributed by atoms with Crippen LogP contribution in [0.1, 0.15) is 24.8 Å². The molecule has 5 heteroatoms. The van der Waals surface area contributed by atoms with E-state index in [0.717, 1.165) is 30.5 Å². The van der Waals surface area contributed by atoms with Crippen molar-refractivity contribution >= 4 is 17.2 Å². The molecule has 1 fully saturated rings. The molecule has 2 aromatic carbocycles. The number of rotatable bonds is 3. The lowest BCUT2D eigenvalue weighted by atomic mass is 9.92. The van der Waals surface area contributed by atoms with Crippen molar-refractivity contribution in [3.8, 4) is 12.1 Å². The van der Waals surface area contributed by atoms with E-state index in [0.29, 0.717) is 29.9 Å². The summed E-state index contributed by atoms with van der Waals surface area (Å²) in [6.07, 6.45) is 6.64. The van der Waals surface area contributed by atoms with E-state index in [1.807, 2.05) is 72.9 Å². The number of allylic oxidation sites excluding steroid dienone is 3. The van der Waals surface area contributed by atoms with Crippen LogP contribution in [0, 0.1) is 22.7 Å². The number of carbonyl (C=O) groups is 1. The lowest BCUT2D eigenvalue weighted by Gasteiger charge is -2.31. The summed E-state index contributed by atoms with van der Waals surface area (Å²) in [4.78, 5) is 16.9. The summed E-state index contributed by atoms with van der Waals surface area (Å²) in [5.41, 5.74) is 3.01. The molecule has 2 heterocycles. The zero-order chi connectivity index (χ0) is 21.6. The number of amides is 1. The molecule has 0 saturated carbocycles. The van der Waals surface area contributed by atoms with Gasteiger partial charge in [0.1, 0.15) is 17.7 Å². The fraction of sp³-hybridized carbons (Fsp3) is 0.192.